The van der Waals surface area contributed by atoms with Crippen LogP contribution in [-0.2, 0) is 0 Å². The van der Waals surface area contributed by atoms with Gasteiger partial charge in [0.05, 0.1) is 18.9 Å². The lowest BCUT2D eigenvalue weighted by Crippen LogP contribution is -2.24. The Morgan fingerprint density at radius 2 is 1.88 bits per heavy atom. The molecule has 0 saturated carbocycles. The van der Waals surface area contributed by atoms with Crippen LogP contribution in [-0.4, -0.2) is 25.3 Å². The molecule has 2 aromatic rings. The fourth-order valence-electron chi connectivity index (χ4n) is 1.76. The number of hydrogen-bond donors (Lipinski definition) is 2. The SMILES string of the molecule is COc1cc(C=NNC(N)=O)ccc1OC(=O)c1ccc(Cl)cc1. The molecule has 0 fully saturated rings. The summed E-state index contributed by atoms with van der Waals surface area (Å²) in [7, 11) is 1.44. The van der Waals surface area contributed by atoms with Crippen LogP contribution in [0, 0.1) is 0 Å². The van der Waals surface area contributed by atoms with Gasteiger partial charge in [0, 0.05) is 5.02 Å². The van der Waals surface area contributed by atoms with Gasteiger partial charge >= 0.3 is 12.0 Å². The number of amides is 2. The molecule has 3 N–H and O–H groups in total. The largest absolute Gasteiger partial charge is 0.493 e. The Labute approximate surface area is 143 Å². The lowest BCUT2D eigenvalue weighted by molar-refractivity contribution is 0.0729. The molecule has 0 spiro atoms. The number of benzene rings is 2. The monoisotopic (exact) mass is 347 g/mol. The lowest BCUT2D eigenvalue weighted by Gasteiger charge is -2.10. The Bertz CT molecular complexity index is 775. The number of hydrogen-bond acceptors (Lipinski definition) is 5. The molecule has 0 aromatic heterocycles. The number of halogens is 1. The first kappa shape index (κ1) is 17.3. The summed E-state index contributed by atoms with van der Waals surface area (Å²) in [5, 5.41) is 4.16. The molecule has 0 radical (unpaired) electrons. The molecular weight excluding hydrogens is 334 g/mol. The molecule has 0 heterocycles. The van der Waals surface area contributed by atoms with E-state index in [-0.39, 0.29) is 5.75 Å². The normalized spacial score (nSPS) is 10.4. The van der Waals surface area contributed by atoms with Gasteiger partial charge in [0.15, 0.2) is 11.5 Å². The molecule has 0 aliphatic carbocycles. The third-order valence-corrected chi connectivity index (χ3v) is 3.11. The highest BCUT2D eigenvalue weighted by Crippen LogP contribution is 2.28. The van der Waals surface area contributed by atoms with Gasteiger partial charge in [-0.25, -0.2) is 15.0 Å². The maximum absolute atomic E-state index is 12.1. The van der Waals surface area contributed by atoms with E-state index in [2.05, 4.69) is 10.5 Å². The fourth-order valence-corrected chi connectivity index (χ4v) is 1.89. The van der Waals surface area contributed by atoms with Crippen LogP contribution in [0.3, 0.4) is 0 Å². The topological polar surface area (TPSA) is 103 Å². The van der Waals surface area contributed by atoms with Gasteiger partial charge in [0.25, 0.3) is 0 Å². The average molecular weight is 348 g/mol. The minimum absolute atomic E-state index is 0.248. The van der Waals surface area contributed by atoms with E-state index in [1.54, 1.807) is 42.5 Å². The van der Waals surface area contributed by atoms with Crippen molar-refractivity contribution >= 4 is 29.8 Å². The van der Waals surface area contributed by atoms with Crippen LogP contribution in [0.5, 0.6) is 11.5 Å². The van der Waals surface area contributed by atoms with Crippen LogP contribution in [0.1, 0.15) is 15.9 Å². The predicted molar refractivity (Wildman–Crippen MR) is 89.7 cm³/mol. The second-order valence-electron chi connectivity index (χ2n) is 4.54. The second-order valence-corrected chi connectivity index (χ2v) is 4.98. The summed E-state index contributed by atoms with van der Waals surface area (Å²) in [6, 6.07) is 10.3. The Hall–Kier alpha value is -3.06. The van der Waals surface area contributed by atoms with E-state index in [0.717, 1.165) is 0 Å². The molecule has 2 rings (SSSR count). The summed E-state index contributed by atoms with van der Waals surface area (Å²) < 4.78 is 10.5. The Morgan fingerprint density at radius 1 is 1.17 bits per heavy atom. The quantitative estimate of drug-likeness (QED) is 0.375. The average Bonchev–Trinajstić information content (AvgIpc) is 2.56. The van der Waals surface area contributed by atoms with Crippen molar-refractivity contribution in [3.05, 3.63) is 58.6 Å². The lowest BCUT2D eigenvalue weighted by atomic mass is 10.2. The highest BCUT2D eigenvalue weighted by atomic mass is 35.5. The van der Waals surface area contributed by atoms with Crippen LogP contribution in [0.25, 0.3) is 0 Å². The summed E-state index contributed by atoms with van der Waals surface area (Å²) in [6.45, 7) is 0. The van der Waals surface area contributed by atoms with Gasteiger partial charge in [0.1, 0.15) is 0 Å². The van der Waals surface area contributed by atoms with Gasteiger partial charge in [-0.15, -0.1) is 0 Å². The third kappa shape index (κ3) is 4.72. The minimum Gasteiger partial charge on any atom is -0.493 e. The smallest absolute Gasteiger partial charge is 0.343 e. The van der Waals surface area contributed by atoms with Crippen LogP contribution < -0.4 is 20.6 Å². The molecule has 24 heavy (non-hydrogen) atoms. The number of ether oxygens (including phenoxy) is 2. The van der Waals surface area contributed by atoms with Crippen molar-refractivity contribution in [1.82, 2.24) is 5.43 Å². The van der Waals surface area contributed by atoms with E-state index in [0.29, 0.717) is 21.9 Å². The van der Waals surface area contributed by atoms with Crippen LogP contribution in [0.15, 0.2) is 47.6 Å². The van der Waals surface area contributed by atoms with E-state index in [1.165, 1.54) is 13.3 Å². The molecule has 0 unspecified atom stereocenters. The first-order valence-electron chi connectivity index (χ1n) is 6.74. The van der Waals surface area contributed by atoms with Gasteiger partial charge in [0.2, 0.25) is 0 Å². The van der Waals surface area contributed by atoms with Crippen LogP contribution in [0.2, 0.25) is 5.02 Å². The molecule has 0 aliphatic rings. The number of hydrazone groups is 1. The maximum Gasteiger partial charge on any atom is 0.343 e. The van der Waals surface area contributed by atoms with Gasteiger partial charge in [-0.05, 0) is 48.0 Å². The van der Waals surface area contributed by atoms with Crippen molar-refractivity contribution in [2.24, 2.45) is 10.8 Å². The Morgan fingerprint density at radius 3 is 2.50 bits per heavy atom. The zero-order valence-corrected chi connectivity index (χ0v) is 13.4. The number of urea groups is 1. The molecule has 0 saturated heterocycles. The molecule has 0 atom stereocenters. The van der Waals surface area contributed by atoms with Crippen molar-refractivity contribution in [2.45, 2.75) is 0 Å². The third-order valence-electron chi connectivity index (χ3n) is 2.86. The Balaban J connectivity index is 2.15. The van der Waals surface area contributed by atoms with Gasteiger partial charge < -0.3 is 15.2 Å². The number of carbonyl (C=O) groups excluding carboxylic acids is 2. The molecule has 7 nitrogen and oxygen atoms in total. The van der Waals surface area contributed by atoms with E-state index in [9.17, 15) is 9.59 Å². The summed E-state index contributed by atoms with van der Waals surface area (Å²) >= 11 is 5.78. The van der Waals surface area contributed by atoms with E-state index < -0.39 is 12.0 Å². The Kier molecular flexibility index (Phi) is 5.75. The molecule has 8 heteroatoms. The van der Waals surface area contributed by atoms with E-state index >= 15 is 0 Å². The van der Waals surface area contributed by atoms with E-state index in [4.69, 9.17) is 26.8 Å². The van der Waals surface area contributed by atoms with Crippen molar-refractivity contribution in [3.63, 3.8) is 0 Å². The molecule has 0 aliphatic heterocycles. The van der Waals surface area contributed by atoms with Gasteiger partial charge in [-0.2, -0.15) is 5.10 Å². The minimum atomic E-state index is -0.772. The van der Waals surface area contributed by atoms with Gasteiger partial charge in [-0.1, -0.05) is 11.6 Å². The molecule has 2 aromatic carbocycles. The summed E-state index contributed by atoms with van der Waals surface area (Å²) in [5.41, 5.74) is 7.95. The summed E-state index contributed by atoms with van der Waals surface area (Å²) in [6.07, 6.45) is 1.37. The van der Waals surface area contributed by atoms with Crippen molar-refractivity contribution in [3.8, 4) is 11.5 Å². The number of nitrogens with two attached hydrogens (primary N) is 1. The maximum atomic E-state index is 12.1. The number of carbonyl (C=O) groups is 2. The van der Waals surface area contributed by atoms with E-state index in [1.807, 2.05) is 0 Å². The molecule has 124 valence electrons. The molecule has 0 bridgehead atoms. The van der Waals surface area contributed by atoms with Crippen molar-refractivity contribution < 1.29 is 19.1 Å². The number of nitrogens with one attached hydrogen (secondary N) is 1. The van der Waals surface area contributed by atoms with Crippen molar-refractivity contribution in [2.75, 3.05) is 7.11 Å². The number of methoxy groups -OCH3 is 1. The standard InChI is InChI=1S/C16H14ClN3O4/c1-23-14-8-10(9-19-20-16(18)22)2-7-13(14)24-15(21)11-3-5-12(17)6-4-11/h2-9H,1H3,(H3,18,20,22). The zero-order valence-electron chi connectivity index (χ0n) is 12.7. The highest BCUT2D eigenvalue weighted by Gasteiger charge is 2.12. The van der Waals surface area contributed by atoms with Crippen molar-refractivity contribution in [1.29, 1.82) is 0 Å². The molecule has 2 amide bonds. The summed E-state index contributed by atoms with van der Waals surface area (Å²) in [4.78, 5) is 22.7. The second kappa shape index (κ2) is 7.98. The zero-order chi connectivity index (χ0) is 17.5. The number of nitrogens with zero attached hydrogens (tertiary/aromatic N) is 1. The first-order chi connectivity index (χ1) is 11.5. The fraction of sp³-hybridized carbons (Fsp3) is 0.0625. The van der Waals surface area contributed by atoms with Gasteiger partial charge in [-0.3, -0.25) is 0 Å². The van der Waals surface area contributed by atoms with Crippen LogP contribution >= 0.6 is 11.6 Å². The molecular formula is C16H14ClN3O4. The number of rotatable bonds is 5. The van der Waals surface area contributed by atoms with Crippen LogP contribution in [0.4, 0.5) is 4.79 Å². The number of primary amides is 1. The summed E-state index contributed by atoms with van der Waals surface area (Å²) in [5.74, 6) is 0.0413. The first-order valence-corrected chi connectivity index (χ1v) is 7.11. The number of esters is 1. The highest BCUT2D eigenvalue weighted by molar-refractivity contribution is 6.30. The predicted octanol–water partition coefficient (Wildman–Crippen LogP) is 2.57.